The van der Waals surface area contributed by atoms with Crippen LogP contribution < -0.4 is 10.0 Å². The fourth-order valence-electron chi connectivity index (χ4n) is 1.68. The third-order valence-corrected chi connectivity index (χ3v) is 4.77. The largest absolute Gasteiger partial charge is 0.465 e. The molecule has 0 aromatic heterocycles. The van der Waals surface area contributed by atoms with Gasteiger partial charge in [0.05, 0.1) is 5.02 Å². The van der Waals surface area contributed by atoms with Gasteiger partial charge in [-0.05, 0) is 31.0 Å². The van der Waals surface area contributed by atoms with Gasteiger partial charge in [0.1, 0.15) is 10.7 Å². The molecule has 0 aliphatic heterocycles. The summed E-state index contributed by atoms with van der Waals surface area (Å²) in [6.07, 6.45) is -0.408. The van der Waals surface area contributed by atoms with E-state index in [2.05, 4.69) is 10.0 Å². The van der Waals surface area contributed by atoms with E-state index in [1.54, 1.807) is 6.92 Å². The highest BCUT2D eigenvalue weighted by atomic mass is 35.5. The average Bonchev–Trinajstić information content (AvgIpc) is 2.36. The van der Waals surface area contributed by atoms with Crippen LogP contribution in [-0.4, -0.2) is 32.2 Å². The van der Waals surface area contributed by atoms with Crippen molar-refractivity contribution in [3.8, 4) is 0 Å². The van der Waals surface area contributed by atoms with Crippen LogP contribution in [0.2, 0.25) is 5.02 Å². The molecule has 0 spiro atoms. The molecule has 0 heterocycles. The van der Waals surface area contributed by atoms with Gasteiger partial charge in [0.15, 0.2) is 0 Å². The summed E-state index contributed by atoms with van der Waals surface area (Å²) < 4.78 is 39.7. The number of rotatable bonds is 7. The quantitative estimate of drug-likeness (QED) is 0.710. The minimum absolute atomic E-state index is 0.119. The average molecular weight is 339 g/mol. The summed E-state index contributed by atoms with van der Waals surface area (Å²) >= 11 is 5.74. The summed E-state index contributed by atoms with van der Waals surface area (Å²) in [4.78, 5) is 10.1. The van der Waals surface area contributed by atoms with Crippen molar-refractivity contribution in [2.45, 2.75) is 30.7 Å². The molecule has 1 unspecified atom stereocenters. The Bertz CT molecular complexity index is 609. The maximum atomic E-state index is 12.9. The van der Waals surface area contributed by atoms with Crippen molar-refractivity contribution < 1.29 is 22.7 Å². The molecule has 1 aromatic rings. The van der Waals surface area contributed by atoms with Crippen LogP contribution in [-0.2, 0) is 10.0 Å². The number of benzene rings is 1. The molecule has 0 fully saturated rings. The van der Waals surface area contributed by atoms with Gasteiger partial charge in [0, 0.05) is 12.6 Å². The monoisotopic (exact) mass is 338 g/mol. The van der Waals surface area contributed by atoms with Crippen molar-refractivity contribution in [3.05, 3.63) is 29.0 Å². The molecule has 0 bridgehead atoms. The summed E-state index contributed by atoms with van der Waals surface area (Å²) in [5, 5.41) is 10.4. The Morgan fingerprint density at radius 3 is 2.67 bits per heavy atom. The Morgan fingerprint density at radius 1 is 1.48 bits per heavy atom. The normalized spacial score (nSPS) is 12.9. The lowest BCUT2D eigenvalue weighted by Gasteiger charge is -2.17. The van der Waals surface area contributed by atoms with E-state index >= 15 is 0 Å². The number of carboxylic acid groups (broad SMARTS) is 1. The molecule has 0 radical (unpaired) electrons. The van der Waals surface area contributed by atoms with Crippen molar-refractivity contribution in [2.24, 2.45) is 0 Å². The molecule has 118 valence electrons. The number of amides is 1. The van der Waals surface area contributed by atoms with Gasteiger partial charge in [-0.25, -0.2) is 22.3 Å². The molecule has 3 N–H and O–H groups in total. The zero-order valence-corrected chi connectivity index (χ0v) is 12.8. The Balaban J connectivity index is 2.79. The van der Waals surface area contributed by atoms with Crippen LogP contribution in [0.25, 0.3) is 0 Å². The van der Waals surface area contributed by atoms with Crippen molar-refractivity contribution in [2.75, 3.05) is 6.54 Å². The lowest BCUT2D eigenvalue weighted by atomic mass is 10.2. The van der Waals surface area contributed by atoms with E-state index in [9.17, 15) is 17.6 Å². The van der Waals surface area contributed by atoms with Gasteiger partial charge in [-0.1, -0.05) is 18.5 Å². The minimum atomic E-state index is -3.89. The Kier molecular flexibility index (Phi) is 6.38. The van der Waals surface area contributed by atoms with E-state index in [4.69, 9.17) is 16.7 Å². The zero-order chi connectivity index (χ0) is 16.0. The smallest absolute Gasteiger partial charge is 0.404 e. The van der Waals surface area contributed by atoms with Crippen molar-refractivity contribution in [1.29, 1.82) is 0 Å². The molecule has 6 nitrogen and oxygen atoms in total. The first kappa shape index (κ1) is 17.7. The van der Waals surface area contributed by atoms with Gasteiger partial charge < -0.3 is 10.4 Å². The van der Waals surface area contributed by atoms with Gasteiger partial charge in [0.2, 0.25) is 10.0 Å². The van der Waals surface area contributed by atoms with Crippen LogP contribution in [0.15, 0.2) is 23.1 Å². The van der Waals surface area contributed by atoms with Crippen molar-refractivity contribution in [1.82, 2.24) is 10.0 Å². The van der Waals surface area contributed by atoms with Crippen LogP contribution in [0.3, 0.4) is 0 Å². The van der Waals surface area contributed by atoms with Gasteiger partial charge in [-0.3, -0.25) is 0 Å². The van der Waals surface area contributed by atoms with E-state index < -0.39 is 28.0 Å². The number of carbonyl (C=O) groups is 1. The SMILES string of the molecule is CCC(CCNC(=O)O)NS(=O)(=O)c1ccc(F)cc1Cl. The molecule has 0 saturated heterocycles. The first-order valence-corrected chi connectivity index (χ1v) is 8.06. The number of hydrogen-bond acceptors (Lipinski definition) is 3. The highest BCUT2D eigenvalue weighted by molar-refractivity contribution is 7.89. The highest BCUT2D eigenvalue weighted by Gasteiger charge is 2.22. The molecular formula is C12H16ClFN2O4S. The van der Waals surface area contributed by atoms with Gasteiger partial charge in [-0.15, -0.1) is 0 Å². The molecule has 1 rings (SSSR count). The molecule has 9 heteroatoms. The highest BCUT2D eigenvalue weighted by Crippen LogP contribution is 2.22. The minimum Gasteiger partial charge on any atom is -0.465 e. The molecular weight excluding hydrogens is 323 g/mol. The second-order valence-electron chi connectivity index (χ2n) is 4.32. The third-order valence-electron chi connectivity index (χ3n) is 2.77. The number of hydrogen-bond donors (Lipinski definition) is 3. The van der Waals surface area contributed by atoms with Crippen molar-refractivity contribution >= 4 is 27.7 Å². The van der Waals surface area contributed by atoms with Crippen LogP contribution in [0.1, 0.15) is 19.8 Å². The van der Waals surface area contributed by atoms with E-state index in [1.165, 1.54) is 0 Å². The van der Waals surface area contributed by atoms with E-state index in [-0.39, 0.29) is 16.5 Å². The number of nitrogens with one attached hydrogen (secondary N) is 2. The second-order valence-corrected chi connectivity index (χ2v) is 6.41. The lowest BCUT2D eigenvalue weighted by molar-refractivity contribution is 0.194. The molecule has 1 amide bonds. The zero-order valence-electron chi connectivity index (χ0n) is 11.3. The topological polar surface area (TPSA) is 95.5 Å². The van der Waals surface area contributed by atoms with Gasteiger partial charge in [0.25, 0.3) is 0 Å². The maximum absolute atomic E-state index is 12.9. The summed E-state index contributed by atoms with van der Waals surface area (Å²) in [5.74, 6) is -0.628. The van der Waals surface area contributed by atoms with E-state index in [0.717, 1.165) is 18.2 Å². The fourth-order valence-corrected chi connectivity index (χ4v) is 3.56. The first-order chi connectivity index (χ1) is 9.76. The summed E-state index contributed by atoms with van der Waals surface area (Å²) in [7, 11) is -3.89. The second kappa shape index (κ2) is 7.58. The van der Waals surface area contributed by atoms with E-state index in [1.807, 2.05) is 0 Å². The van der Waals surface area contributed by atoms with Crippen LogP contribution >= 0.6 is 11.6 Å². The van der Waals surface area contributed by atoms with Crippen LogP contribution in [0, 0.1) is 5.82 Å². The molecule has 0 aliphatic carbocycles. The Hall–Kier alpha value is -1.38. The van der Waals surface area contributed by atoms with E-state index in [0.29, 0.717) is 12.8 Å². The maximum Gasteiger partial charge on any atom is 0.404 e. The van der Waals surface area contributed by atoms with Crippen LogP contribution in [0.5, 0.6) is 0 Å². The van der Waals surface area contributed by atoms with Gasteiger partial charge >= 0.3 is 6.09 Å². The number of sulfonamides is 1. The summed E-state index contributed by atoms with van der Waals surface area (Å²) in [6, 6.07) is 2.56. The molecule has 1 aromatic carbocycles. The molecule has 0 saturated carbocycles. The third kappa shape index (κ3) is 5.49. The Morgan fingerprint density at radius 2 is 2.14 bits per heavy atom. The fraction of sp³-hybridized carbons (Fsp3) is 0.417. The van der Waals surface area contributed by atoms with Gasteiger partial charge in [-0.2, -0.15) is 0 Å². The predicted molar refractivity (Wildman–Crippen MR) is 76.5 cm³/mol. The first-order valence-electron chi connectivity index (χ1n) is 6.20. The molecule has 21 heavy (non-hydrogen) atoms. The summed E-state index contributed by atoms with van der Waals surface area (Å²) in [5.41, 5.74) is 0. The number of halogens is 2. The molecule has 0 aliphatic rings. The van der Waals surface area contributed by atoms with Crippen molar-refractivity contribution in [3.63, 3.8) is 0 Å². The lowest BCUT2D eigenvalue weighted by Crippen LogP contribution is -2.37. The molecule has 1 atom stereocenters. The predicted octanol–water partition coefficient (Wildman–Crippen LogP) is 2.19. The summed E-state index contributed by atoms with van der Waals surface area (Å²) in [6.45, 7) is 1.88. The Labute approximate surface area is 127 Å². The van der Waals surface area contributed by atoms with Crippen LogP contribution in [0.4, 0.5) is 9.18 Å². The standard InChI is InChI=1S/C12H16ClFN2O4S/c1-2-9(5-6-15-12(17)18)16-21(19,20)11-4-3-8(14)7-10(11)13/h3-4,7,9,15-16H,2,5-6H2,1H3,(H,17,18).